The molecule has 0 radical (unpaired) electrons. The van der Waals surface area contributed by atoms with Gasteiger partial charge in [0.25, 0.3) is 0 Å². The maximum Gasteiger partial charge on any atom is 0.341 e. The van der Waals surface area contributed by atoms with Crippen LogP contribution < -0.4 is 5.32 Å². The summed E-state index contributed by atoms with van der Waals surface area (Å²) in [5.74, 6) is 0.329. The number of carbonyl (C=O) groups excluding carboxylic acids is 1. The normalized spacial score (nSPS) is 16.9. The van der Waals surface area contributed by atoms with E-state index in [1.165, 1.54) is 0 Å². The molecule has 0 aromatic carbocycles. The van der Waals surface area contributed by atoms with Crippen molar-refractivity contribution in [2.45, 2.75) is 32.7 Å². The van der Waals surface area contributed by atoms with E-state index in [0.717, 1.165) is 32.5 Å². The minimum Gasteiger partial charge on any atom is -0.462 e. The first kappa shape index (κ1) is 14.8. The second-order valence-electron chi connectivity index (χ2n) is 4.97. The van der Waals surface area contributed by atoms with Crippen LogP contribution in [0.15, 0.2) is 18.3 Å². The first-order valence-corrected chi connectivity index (χ1v) is 7.35. The molecule has 0 bridgehead atoms. The van der Waals surface area contributed by atoms with Gasteiger partial charge in [-0.3, -0.25) is 0 Å². The first-order chi connectivity index (χ1) is 9.74. The largest absolute Gasteiger partial charge is 0.462 e. The molecule has 1 saturated heterocycles. The van der Waals surface area contributed by atoms with E-state index in [0.29, 0.717) is 24.0 Å². The standard InChI is InChI=1S/C15H23N3O2/c1-3-18-10-7-12(8-11-18)17-14-13(6-5-9-16-14)15(19)20-4-2/h5-6,9,12H,3-4,7-8,10-11H2,1-2H3,(H,16,17). The van der Waals surface area contributed by atoms with Crippen LogP contribution in [0.3, 0.4) is 0 Å². The number of nitrogens with one attached hydrogen (secondary N) is 1. The van der Waals surface area contributed by atoms with Crippen molar-refractivity contribution in [3.8, 4) is 0 Å². The van der Waals surface area contributed by atoms with Crippen molar-refractivity contribution in [2.24, 2.45) is 0 Å². The van der Waals surface area contributed by atoms with Gasteiger partial charge in [0.15, 0.2) is 0 Å². The van der Waals surface area contributed by atoms with Gasteiger partial charge >= 0.3 is 5.97 Å². The van der Waals surface area contributed by atoms with E-state index in [1.807, 2.05) is 6.92 Å². The summed E-state index contributed by atoms with van der Waals surface area (Å²) in [6.45, 7) is 7.66. The topological polar surface area (TPSA) is 54.5 Å². The van der Waals surface area contributed by atoms with Crippen LogP contribution in [0.25, 0.3) is 0 Å². The average Bonchev–Trinajstić information content (AvgIpc) is 2.49. The molecular weight excluding hydrogens is 254 g/mol. The third kappa shape index (κ3) is 3.70. The second kappa shape index (κ2) is 7.24. The average molecular weight is 277 g/mol. The summed E-state index contributed by atoms with van der Waals surface area (Å²) in [4.78, 5) is 18.6. The van der Waals surface area contributed by atoms with Gasteiger partial charge in [0.1, 0.15) is 11.4 Å². The van der Waals surface area contributed by atoms with Crippen LogP contribution >= 0.6 is 0 Å². The summed E-state index contributed by atoms with van der Waals surface area (Å²) in [6, 6.07) is 3.90. The molecular formula is C15H23N3O2. The van der Waals surface area contributed by atoms with Crippen LogP contribution in [0, 0.1) is 0 Å². The van der Waals surface area contributed by atoms with E-state index < -0.39 is 0 Å². The monoisotopic (exact) mass is 277 g/mol. The highest BCUT2D eigenvalue weighted by Crippen LogP contribution is 2.18. The van der Waals surface area contributed by atoms with Gasteiger partial charge in [0.2, 0.25) is 0 Å². The fraction of sp³-hybridized carbons (Fsp3) is 0.600. The van der Waals surface area contributed by atoms with Crippen LogP contribution in [0.1, 0.15) is 37.0 Å². The molecule has 2 rings (SSSR count). The third-order valence-corrected chi connectivity index (χ3v) is 3.68. The van der Waals surface area contributed by atoms with Crippen molar-refractivity contribution < 1.29 is 9.53 Å². The number of hydrogen-bond acceptors (Lipinski definition) is 5. The lowest BCUT2D eigenvalue weighted by Gasteiger charge is -2.31. The molecule has 20 heavy (non-hydrogen) atoms. The molecule has 110 valence electrons. The summed E-state index contributed by atoms with van der Waals surface area (Å²) in [7, 11) is 0. The third-order valence-electron chi connectivity index (χ3n) is 3.68. The van der Waals surface area contributed by atoms with Crippen molar-refractivity contribution in [2.75, 3.05) is 31.6 Å². The lowest BCUT2D eigenvalue weighted by molar-refractivity contribution is 0.0527. The summed E-state index contributed by atoms with van der Waals surface area (Å²) in [6.07, 6.45) is 3.85. The molecule has 1 aromatic rings. The van der Waals surface area contributed by atoms with Crippen molar-refractivity contribution >= 4 is 11.8 Å². The van der Waals surface area contributed by atoms with Gasteiger partial charge in [-0.25, -0.2) is 9.78 Å². The van der Waals surface area contributed by atoms with E-state index >= 15 is 0 Å². The van der Waals surface area contributed by atoms with Crippen molar-refractivity contribution in [1.29, 1.82) is 0 Å². The maximum atomic E-state index is 11.9. The van der Waals surface area contributed by atoms with Crippen LogP contribution in [0.2, 0.25) is 0 Å². The number of pyridine rings is 1. The highest BCUT2D eigenvalue weighted by molar-refractivity contribution is 5.94. The highest BCUT2D eigenvalue weighted by atomic mass is 16.5. The lowest BCUT2D eigenvalue weighted by atomic mass is 10.0. The quantitative estimate of drug-likeness (QED) is 0.836. The number of likely N-dealkylation sites (tertiary alicyclic amines) is 1. The molecule has 5 nitrogen and oxygen atoms in total. The molecule has 0 unspecified atom stereocenters. The second-order valence-corrected chi connectivity index (χ2v) is 4.97. The molecule has 1 N–H and O–H groups in total. The van der Waals surface area contributed by atoms with E-state index in [9.17, 15) is 4.79 Å². The Kier molecular flexibility index (Phi) is 5.35. The predicted octanol–water partition coefficient (Wildman–Crippen LogP) is 2.15. The van der Waals surface area contributed by atoms with Gasteiger partial charge in [0, 0.05) is 25.3 Å². The molecule has 1 aromatic heterocycles. The summed E-state index contributed by atoms with van der Waals surface area (Å²) in [5.41, 5.74) is 0.521. The number of piperidine rings is 1. The van der Waals surface area contributed by atoms with E-state index in [2.05, 4.69) is 22.1 Å². The number of aromatic nitrogens is 1. The Balaban J connectivity index is 2.01. The smallest absolute Gasteiger partial charge is 0.341 e. The summed E-state index contributed by atoms with van der Waals surface area (Å²) < 4.78 is 5.07. The molecule has 2 heterocycles. The minimum atomic E-state index is -0.311. The zero-order chi connectivity index (χ0) is 14.4. The SMILES string of the molecule is CCOC(=O)c1cccnc1NC1CCN(CC)CC1. The fourth-order valence-corrected chi connectivity index (χ4v) is 2.48. The van der Waals surface area contributed by atoms with Gasteiger partial charge in [-0.2, -0.15) is 0 Å². The first-order valence-electron chi connectivity index (χ1n) is 7.35. The summed E-state index contributed by atoms with van der Waals surface area (Å²) >= 11 is 0. The number of anilines is 1. The highest BCUT2D eigenvalue weighted by Gasteiger charge is 2.20. The van der Waals surface area contributed by atoms with Crippen LogP contribution in [0.5, 0.6) is 0 Å². The Hall–Kier alpha value is -1.62. The Morgan fingerprint density at radius 3 is 2.85 bits per heavy atom. The molecule has 0 atom stereocenters. The van der Waals surface area contributed by atoms with Crippen LogP contribution in [0.4, 0.5) is 5.82 Å². The van der Waals surface area contributed by atoms with Gasteiger partial charge in [-0.05, 0) is 38.4 Å². The van der Waals surface area contributed by atoms with E-state index in [-0.39, 0.29) is 5.97 Å². The molecule has 5 heteroatoms. The fourth-order valence-electron chi connectivity index (χ4n) is 2.48. The van der Waals surface area contributed by atoms with Crippen molar-refractivity contribution in [1.82, 2.24) is 9.88 Å². The van der Waals surface area contributed by atoms with Gasteiger partial charge in [-0.1, -0.05) is 6.92 Å². The number of carbonyl (C=O) groups is 1. The molecule has 0 saturated carbocycles. The van der Waals surface area contributed by atoms with Gasteiger partial charge < -0.3 is 15.0 Å². The maximum absolute atomic E-state index is 11.9. The predicted molar refractivity (Wildman–Crippen MR) is 79.0 cm³/mol. The minimum absolute atomic E-state index is 0.311. The molecule has 1 aliphatic heterocycles. The number of rotatable bonds is 5. The Morgan fingerprint density at radius 2 is 2.20 bits per heavy atom. The molecule has 0 amide bonds. The summed E-state index contributed by atoms with van der Waals surface area (Å²) in [5, 5.41) is 3.39. The van der Waals surface area contributed by atoms with Crippen LogP contribution in [-0.2, 0) is 4.74 Å². The van der Waals surface area contributed by atoms with E-state index in [1.54, 1.807) is 18.3 Å². The lowest BCUT2D eigenvalue weighted by Crippen LogP contribution is -2.39. The van der Waals surface area contributed by atoms with Gasteiger partial charge in [0.05, 0.1) is 6.61 Å². The Labute approximate surface area is 120 Å². The van der Waals surface area contributed by atoms with Crippen LogP contribution in [-0.4, -0.2) is 48.1 Å². The van der Waals surface area contributed by atoms with Crippen molar-refractivity contribution in [3.63, 3.8) is 0 Å². The Bertz CT molecular complexity index is 442. The molecule has 0 aliphatic carbocycles. The number of ether oxygens (including phenoxy) is 1. The Morgan fingerprint density at radius 1 is 1.45 bits per heavy atom. The van der Waals surface area contributed by atoms with Crippen molar-refractivity contribution in [3.05, 3.63) is 23.9 Å². The zero-order valence-electron chi connectivity index (χ0n) is 12.3. The van der Waals surface area contributed by atoms with Gasteiger partial charge in [-0.15, -0.1) is 0 Å². The molecule has 1 fully saturated rings. The van der Waals surface area contributed by atoms with E-state index in [4.69, 9.17) is 4.74 Å². The number of hydrogen-bond donors (Lipinski definition) is 1. The number of esters is 1. The zero-order valence-corrected chi connectivity index (χ0v) is 12.3. The number of nitrogens with zero attached hydrogens (tertiary/aromatic N) is 2. The molecule has 0 spiro atoms. The molecule has 1 aliphatic rings.